The summed E-state index contributed by atoms with van der Waals surface area (Å²) in [6, 6.07) is 10.9. The van der Waals surface area contributed by atoms with Gasteiger partial charge in [-0.3, -0.25) is 9.59 Å². The van der Waals surface area contributed by atoms with Gasteiger partial charge in [0.25, 0.3) is 5.91 Å². The predicted octanol–water partition coefficient (Wildman–Crippen LogP) is 3.90. The van der Waals surface area contributed by atoms with E-state index in [4.69, 9.17) is 9.15 Å². The molecule has 5 heteroatoms. The molecule has 5 nitrogen and oxygen atoms in total. The Labute approximate surface area is 148 Å². The van der Waals surface area contributed by atoms with Crippen LogP contribution >= 0.6 is 0 Å². The molecule has 1 atom stereocenters. The van der Waals surface area contributed by atoms with Crippen molar-refractivity contribution in [3.05, 3.63) is 64.2 Å². The molecule has 1 amide bonds. The van der Waals surface area contributed by atoms with Crippen LogP contribution in [0.2, 0.25) is 0 Å². The minimum atomic E-state index is -0.374. The van der Waals surface area contributed by atoms with Gasteiger partial charge in [-0.25, -0.2) is 0 Å². The number of carbonyl (C=O) groups is 1. The van der Waals surface area contributed by atoms with Crippen molar-refractivity contribution in [3.63, 3.8) is 0 Å². The van der Waals surface area contributed by atoms with E-state index in [1.165, 1.54) is 19.4 Å². The molecule has 0 radical (unpaired) electrons. The second kappa shape index (κ2) is 8.01. The molecule has 25 heavy (non-hydrogen) atoms. The Hall–Kier alpha value is -2.56. The predicted molar refractivity (Wildman–Crippen MR) is 96.9 cm³/mol. The zero-order valence-corrected chi connectivity index (χ0v) is 15.4. The van der Waals surface area contributed by atoms with Gasteiger partial charge in [0.05, 0.1) is 13.2 Å². The van der Waals surface area contributed by atoms with E-state index in [2.05, 4.69) is 13.8 Å². The fraction of sp³-hybridized carbons (Fsp3) is 0.400. The van der Waals surface area contributed by atoms with Crippen molar-refractivity contribution in [2.45, 2.75) is 39.8 Å². The van der Waals surface area contributed by atoms with Crippen LogP contribution in [-0.4, -0.2) is 24.0 Å². The third kappa shape index (κ3) is 4.10. The quantitative estimate of drug-likeness (QED) is 0.798. The van der Waals surface area contributed by atoms with E-state index in [0.717, 1.165) is 5.56 Å². The average molecular weight is 343 g/mol. The number of amides is 1. The van der Waals surface area contributed by atoms with Crippen molar-refractivity contribution >= 4 is 5.91 Å². The molecule has 1 aromatic carbocycles. The molecule has 2 aromatic rings. The van der Waals surface area contributed by atoms with Gasteiger partial charge in [-0.2, -0.15) is 0 Å². The average Bonchev–Trinajstić information content (AvgIpc) is 2.59. The van der Waals surface area contributed by atoms with Crippen LogP contribution in [0.1, 0.15) is 49.9 Å². The maximum absolute atomic E-state index is 13.1. The summed E-state index contributed by atoms with van der Waals surface area (Å²) in [7, 11) is 1.39. The van der Waals surface area contributed by atoms with E-state index in [0.29, 0.717) is 0 Å². The SMILES string of the molecule is COc1coc(C(=O)N(C(C)C)C(c2ccccc2)C(C)C)cc1=O. The van der Waals surface area contributed by atoms with Crippen LogP contribution in [0.25, 0.3) is 0 Å². The highest BCUT2D eigenvalue weighted by atomic mass is 16.5. The van der Waals surface area contributed by atoms with Crippen LogP contribution in [0.15, 0.2) is 51.9 Å². The molecule has 134 valence electrons. The largest absolute Gasteiger partial charge is 0.490 e. The van der Waals surface area contributed by atoms with E-state index in [9.17, 15) is 9.59 Å². The molecular formula is C20H25NO4. The van der Waals surface area contributed by atoms with E-state index in [1.54, 1.807) is 4.90 Å². The van der Waals surface area contributed by atoms with Crippen LogP contribution in [0.5, 0.6) is 5.75 Å². The van der Waals surface area contributed by atoms with Crippen LogP contribution in [0, 0.1) is 5.92 Å². The highest BCUT2D eigenvalue weighted by Crippen LogP contribution is 2.31. The lowest BCUT2D eigenvalue weighted by molar-refractivity contribution is 0.0504. The number of methoxy groups -OCH3 is 1. The van der Waals surface area contributed by atoms with Gasteiger partial charge in [-0.05, 0) is 25.3 Å². The summed E-state index contributed by atoms with van der Waals surface area (Å²) in [4.78, 5) is 26.9. The molecular weight excluding hydrogens is 318 g/mol. The monoisotopic (exact) mass is 343 g/mol. The number of rotatable bonds is 6. The van der Waals surface area contributed by atoms with Crippen molar-refractivity contribution in [2.75, 3.05) is 7.11 Å². The van der Waals surface area contributed by atoms with Gasteiger partial charge >= 0.3 is 0 Å². The van der Waals surface area contributed by atoms with Crippen molar-refractivity contribution < 1.29 is 13.9 Å². The van der Waals surface area contributed by atoms with E-state index >= 15 is 0 Å². The Balaban J connectivity index is 2.47. The zero-order chi connectivity index (χ0) is 18.6. The number of nitrogens with zero attached hydrogens (tertiary/aromatic N) is 1. The number of hydrogen-bond acceptors (Lipinski definition) is 4. The molecule has 0 N–H and O–H groups in total. The molecule has 0 aliphatic heterocycles. The molecule has 0 saturated heterocycles. The summed E-state index contributed by atoms with van der Waals surface area (Å²) in [5.41, 5.74) is 0.678. The van der Waals surface area contributed by atoms with Gasteiger partial charge < -0.3 is 14.1 Å². The summed E-state index contributed by atoms with van der Waals surface area (Å²) in [6.07, 6.45) is 1.18. The lowest BCUT2D eigenvalue weighted by atomic mass is 9.93. The molecule has 1 heterocycles. The molecule has 0 bridgehead atoms. The molecule has 0 saturated carbocycles. The summed E-state index contributed by atoms with van der Waals surface area (Å²) in [5.74, 6) is -0.0202. The summed E-state index contributed by atoms with van der Waals surface area (Å²) in [6.45, 7) is 8.06. The van der Waals surface area contributed by atoms with Crippen LogP contribution in [-0.2, 0) is 0 Å². The number of carbonyl (C=O) groups excluding carboxylic acids is 1. The number of hydrogen-bond donors (Lipinski definition) is 0. The van der Waals surface area contributed by atoms with Crippen molar-refractivity contribution in [3.8, 4) is 5.75 Å². The third-order valence-corrected chi connectivity index (χ3v) is 4.09. The first-order chi connectivity index (χ1) is 11.9. The molecule has 0 fully saturated rings. The Morgan fingerprint density at radius 3 is 2.24 bits per heavy atom. The fourth-order valence-electron chi connectivity index (χ4n) is 2.99. The second-order valence-corrected chi connectivity index (χ2v) is 6.58. The Kier molecular flexibility index (Phi) is 6.02. The first-order valence-corrected chi connectivity index (χ1v) is 8.41. The smallest absolute Gasteiger partial charge is 0.290 e. The van der Waals surface area contributed by atoms with Crippen LogP contribution < -0.4 is 10.2 Å². The van der Waals surface area contributed by atoms with Gasteiger partial charge in [-0.15, -0.1) is 0 Å². The molecule has 1 unspecified atom stereocenters. The fourth-order valence-corrected chi connectivity index (χ4v) is 2.99. The lowest BCUT2D eigenvalue weighted by Crippen LogP contribution is -2.42. The number of ether oxygens (including phenoxy) is 1. The van der Waals surface area contributed by atoms with Gasteiger partial charge in [0.15, 0.2) is 5.76 Å². The first-order valence-electron chi connectivity index (χ1n) is 8.41. The van der Waals surface area contributed by atoms with Gasteiger partial charge in [-0.1, -0.05) is 44.2 Å². The topological polar surface area (TPSA) is 59.8 Å². The minimum absolute atomic E-state index is 0.0149. The Morgan fingerprint density at radius 2 is 1.76 bits per heavy atom. The maximum atomic E-state index is 13.1. The van der Waals surface area contributed by atoms with Gasteiger partial charge in [0.2, 0.25) is 11.2 Å². The van der Waals surface area contributed by atoms with Crippen LogP contribution in [0.3, 0.4) is 0 Å². The van der Waals surface area contributed by atoms with Crippen molar-refractivity contribution in [1.82, 2.24) is 4.90 Å². The van der Waals surface area contributed by atoms with E-state index in [-0.39, 0.29) is 40.8 Å². The van der Waals surface area contributed by atoms with Crippen molar-refractivity contribution in [1.29, 1.82) is 0 Å². The minimum Gasteiger partial charge on any atom is -0.490 e. The highest BCUT2D eigenvalue weighted by Gasteiger charge is 2.32. The van der Waals surface area contributed by atoms with E-state index in [1.807, 2.05) is 44.2 Å². The normalized spacial score (nSPS) is 12.3. The number of benzene rings is 1. The summed E-state index contributed by atoms with van der Waals surface area (Å²) >= 11 is 0. The van der Waals surface area contributed by atoms with Gasteiger partial charge in [0, 0.05) is 12.1 Å². The standard InChI is InChI=1S/C20H25NO4/c1-13(2)19(15-9-7-6-8-10-15)21(14(3)4)20(23)17-11-16(22)18(24-5)12-25-17/h6-14,19H,1-5H3. The molecule has 2 rings (SSSR count). The molecule has 0 spiro atoms. The van der Waals surface area contributed by atoms with E-state index < -0.39 is 0 Å². The lowest BCUT2D eigenvalue weighted by Gasteiger charge is -2.37. The zero-order valence-electron chi connectivity index (χ0n) is 15.4. The molecule has 0 aliphatic rings. The Bertz CT molecular complexity index is 765. The highest BCUT2D eigenvalue weighted by molar-refractivity contribution is 5.92. The maximum Gasteiger partial charge on any atom is 0.290 e. The summed E-state index contributed by atoms with van der Waals surface area (Å²) < 4.78 is 10.3. The Morgan fingerprint density at radius 1 is 1.12 bits per heavy atom. The van der Waals surface area contributed by atoms with Crippen molar-refractivity contribution in [2.24, 2.45) is 5.92 Å². The molecule has 1 aromatic heterocycles. The first kappa shape index (κ1) is 18.8. The summed E-state index contributed by atoms with van der Waals surface area (Å²) in [5, 5.41) is 0. The van der Waals surface area contributed by atoms with Gasteiger partial charge in [0.1, 0.15) is 6.26 Å². The molecule has 0 aliphatic carbocycles. The second-order valence-electron chi connectivity index (χ2n) is 6.58. The third-order valence-electron chi connectivity index (χ3n) is 4.09. The van der Waals surface area contributed by atoms with Crippen LogP contribution in [0.4, 0.5) is 0 Å².